The summed E-state index contributed by atoms with van der Waals surface area (Å²) in [5.41, 5.74) is -0.266. The number of nitrogens with zero attached hydrogens (tertiary/aromatic N) is 2. The zero-order chi connectivity index (χ0) is 26.0. The molecule has 0 spiro atoms. The minimum absolute atomic E-state index is 0.0465. The van der Waals surface area contributed by atoms with Gasteiger partial charge in [-0.3, -0.25) is 14.8 Å². The first-order valence-corrected chi connectivity index (χ1v) is 12.9. The number of nitrogens with one attached hydrogen (secondary N) is 3. The third-order valence-electron chi connectivity index (χ3n) is 5.35. The Morgan fingerprint density at radius 3 is 2.53 bits per heavy atom. The van der Waals surface area contributed by atoms with Crippen LogP contribution >= 0.6 is 11.6 Å². The fraction of sp³-hybridized carbons (Fsp3) is 0.174. The molecule has 0 aliphatic carbocycles. The number of halogens is 3. The molecule has 1 atom stereocenters. The van der Waals surface area contributed by atoms with Crippen LogP contribution in [0.4, 0.5) is 30.8 Å². The van der Waals surface area contributed by atoms with Gasteiger partial charge in [0.25, 0.3) is 0 Å². The number of carbonyl (C=O) groups excluding carboxylic acids is 2. The number of rotatable bonds is 6. The average Bonchev–Trinajstić information content (AvgIpc) is 3.16. The molecule has 36 heavy (non-hydrogen) atoms. The van der Waals surface area contributed by atoms with Crippen LogP contribution in [-0.2, 0) is 14.8 Å². The molecular weight excluding hydrogens is 516 g/mol. The Kier molecular flexibility index (Phi) is 7.09. The van der Waals surface area contributed by atoms with Crippen LogP contribution < -0.4 is 20.3 Å². The zero-order valence-corrected chi connectivity index (χ0v) is 20.3. The Balaban J connectivity index is 1.52. The summed E-state index contributed by atoms with van der Waals surface area (Å²) >= 11 is 5.75. The molecule has 1 aliphatic heterocycles. The highest BCUT2D eigenvalue weighted by atomic mass is 35.5. The summed E-state index contributed by atoms with van der Waals surface area (Å²) in [6.45, 7) is 0.0465. The maximum Gasteiger partial charge on any atom is 0.321 e. The Morgan fingerprint density at radius 2 is 1.83 bits per heavy atom. The third kappa shape index (κ3) is 5.55. The molecule has 188 valence electrons. The standard InChI is InChI=1S/C23H20ClF2N5O4S/c1-36(34,35)30-16-5-3-2-4-14(16)15-7-8-18(21(26)20(15)25)31-11-10-17(22(31)32)28-23(33)29-19-9-6-13(24)12-27-19/h2-9,12,17,30H,10-11H2,1H3,(H2,27,28,29,33)/t17-/m1/s1. The van der Waals surface area contributed by atoms with Gasteiger partial charge in [-0.1, -0.05) is 29.8 Å². The van der Waals surface area contributed by atoms with Crippen LogP contribution in [0.3, 0.4) is 0 Å². The molecule has 0 radical (unpaired) electrons. The maximum atomic E-state index is 15.1. The molecule has 0 bridgehead atoms. The number of anilines is 3. The molecule has 4 rings (SSSR count). The quantitative estimate of drug-likeness (QED) is 0.441. The van der Waals surface area contributed by atoms with Crippen molar-refractivity contribution in [3.63, 3.8) is 0 Å². The Hall–Kier alpha value is -3.77. The lowest BCUT2D eigenvalue weighted by Gasteiger charge is -2.20. The Morgan fingerprint density at radius 1 is 1.08 bits per heavy atom. The van der Waals surface area contributed by atoms with Crippen molar-refractivity contribution in [2.75, 3.05) is 27.7 Å². The van der Waals surface area contributed by atoms with Gasteiger partial charge in [0, 0.05) is 23.9 Å². The van der Waals surface area contributed by atoms with E-state index >= 15 is 8.78 Å². The molecule has 0 saturated carbocycles. The van der Waals surface area contributed by atoms with Gasteiger partial charge in [-0.2, -0.15) is 0 Å². The molecular formula is C23H20ClF2N5O4S. The number of sulfonamides is 1. The summed E-state index contributed by atoms with van der Waals surface area (Å²) in [5.74, 6) is -2.91. The summed E-state index contributed by atoms with van der Waals surface area (Å²) in [5, 5.41) is 5.35. The molecule has 3 amide bonds. The van der Waals surface area contributed by atoms with Gasteiger partial charge < -0.3 is 10.2 Å². The van der Waals surface area contributed by atoms with Crippen molar-refractivity contribution in [3.05, 3.63) is 71.4 Å². The van der Waals surface area contributed by atoms with Gasteiger partial charge in [0.15, 0.2) is 11.6 Å². The van der Waals surface area contributed by atoms with Crippen LogP contribution in [0.2, 0.25) is 5.02 Å². The van der Waals surface area contributed by atoms with Crippen molar-refractivity contribution < 1.29 is 26.8 Å². The van der Waals surface area contributed by atoms with Crippen molar-refractivity contribution in [3.8, 4) is 11.1 Å². The summed E-state index contributed by atoms with van der Waals surface area (Å²) in [6, 6.07) is 9.84. The lowest BCUT2D eigenvalue weighted by atomic mass is 10.0. The number of aromatic nitrogens is 1. The largest absolute Gasteiger partial charge is 0.326 e. The number of para-hydroxylation sites is 1. The van der Waals surface area contributed by atoms with E-state index in [2.05, 4.69) is 20.3 Å². The molecule has 0 unspecified atom stereocenters. The molecule has 1 aliphatic rings. The highest BCUT2D eigenvalue weighted by Gasteiger charge is 2.36. The van der Waals surface area contributed by atoms with Crippen molar-refractivity contribution in [1.82, 2.24) is 10.3 Å². The van der Waals surface area contributed by atoms with Crippen LogP contribution in [0.1, 0.15) is 6.42 Å². The van der Waals surface area contributed by atoms with Crippen molar-refractivity contribution in [2.24, 2.45) is 0 Å². The van der Waals surface area contributed by atoms with E-state index in [1.165, 1.54) is 42.6 Å². The van der Waals surface area contributed by atoms with Crippen LogP contribution in [0.15, 0.2) is 54.7 Å². The summed E-state index contributed by atoms with van der Waals surface area (Å²) in [6.07, 6.45) is 2.46. The molecule has 13 heteroatoms. The second kappa shape index (κ2) is 10.1. The average molecular weight is 536 g/mol. The van der Waals surface area contributed by atoms with Crippen molar-refractivity contribution >= 4 is 50.8 Å². The van der Waals surface area contributed by atoms with E-state index in [1.54, 1.807) is 12.1 Å². The molecule has 1 fully saturated rings. The van der Waals surface area contributed by atoms with E-state index in [0.717, 1.165) is 11.2 Å². The van der Waals surface area contributed by atoms with Gasteiger partial charge in [-0.05, 0) is 36.8 Å². The van der Waals surface area contributed by atoms with E-state index in [1.807, 2.05) is 0 Å². The number of urea groups is 1. The maximum absolute atomic E-state index is 15.1. The topological polar surface area (TPSA) is 120 Å². The van der Waals surface area contributed by atoms with Gasteiger partial charge in [0.1, 0.15) is 11.9 Å². The number of hydrogen-bond donors (Lipinski definition) is 3. The second-order valence-electron chi connectivity index (χ2n) is 7.97. The Bertz CT molecular complexity index is 1440. The first-order chi connectivity index (χ1) is 17.0. The van der Waals surface area contributed by atoms with Crippen molar-refractivity contribution in [2.45, 2.75) is 12.5 Å². The molecule has 9 nitrogen and oxygen atoms in total. The first-order valence-electron chi connectivity index (χ1n) is 10.6. The minimum atomic E-state index is -3.67. The molecule has 1 saturated heterocycles. The smallest absolute Gasteiger partial charge is 0.321 e. The molecule has 3 N–H and O–H groups in total. The van der Waals surface area contributed by atoms with Crippen LogP contribution in [0.5, 0.6) is 0 Å². The van der Waals surface area contributed by atoms with Gasteiger partial charge >= 0.3 is 6.03 Å². The molecule has 2 heterocycles. The fourth-order valence-electron chi connectivity index (χ4n) is 3.78. The van der Waals surface area contributed by atoms with E-state index in [0.29, 0.717) is 5.02 Å². The number of amides is 3. The van der Waals surface area contributed by atoms with Gasteiger partial charge in [0.05, 0.1) is 22.7 Å². The van der Waals surface area contributed by atoms with Gasteiger partial charge in [-0.25, -0.2) is 27.0 Å². The predicted octanol–water partition coefficient (Wildman–Crippen LogP) is 3.98. The van der Waals surface area contributed by atoms with Crippen LogP contribution in [-0.4, -0.2) is 44.2 Å². The van der Waals surface area contributed by atoms with E-state index in [9.17, 15) is 18.0 Å². The van der Waals surface area contributed by atoms with Gasteiger partial charge in [-0.15, -0.1) is 0 Å². The van der Waals surface area contributed by atoms with E-state index in [4.69, 9.17) is 11.6 Å². The number of hydrogen-bond acceptors (Lipinski definition) is 5. The zero-order valence-electron chi connectivity index (χ0n) is 18.8. The third-order valence-corrected chi connectivity index (χ3v) is 6.16. The summed E-state index contributed by atoms with van der Waals surface area (Å²) < 4.78 is 55.9. The van der Waals surface area contributed by atoms with E-state index < -0.39 is 39.6 Å². The van der Waals surface area contributed by atoms with E-state index in [-0.39, 0.29) is 41.3 Å². The normalized spacial score (nSPS) is 15.6. The molecule has 2 aromatic carbocycles. The second-order valence-corrected chi connectivity index (χ2v) is 10.2. The Labute approximate surface area is 210 Å². The lowest BCUT2D eigenvalue weighted by molar-refractivity contribution is -0.118. The SMILES string of the molecule is CS(=O)(=O)Nc1ccccc1-c1ccc(N2CC[C@@H](NC(=O)Nc3ccc(Cl)cn3)C2=O)c(F)c1F. The molecule has 3 aromatic rings. The van der Waals surface area contributed by atoms with Gasteiger partial charge in [0.2, 0.25) is 15.9 Å². The first kappa shape index (κ1) is 25.3. The highest BCUT2D eigenvalue weighted by Crippen LogP contribution is 2.35. The minimum Gasteiger partial charge on any atom is -0.326 e. The van der Waals surface area contributed by atoms with Crippen LogP contribution in [0.25, 0.3) is 11.1 Å². The fourth-order valence-corrected chi connectivity index (χ4v) is 4.47. The number of pyridine rings is 1. The summed E-state index contributed by atoms with van der Waals surface area (Å²) in [4.78, 5) is 30.1. The molecule has 1 aromatic heterocycles. The number of benzene rings is 2. The number of carbonyl (C=O) groups is 2. The predicted molar refractivity (Wildman–Crippen MR) is 132 cm³/mol. The lowest BCUT2D eigenvalue weighted by Crippen LogP contribution is -2.43. The van der Waals surface area contributed by atoms with Crippen molar-refractivity contribution in [1.29, 1.82) is 0 Å². The monoisotopic (exact) mass is 535 g/mol. The van der Waals surface area contributed by atoms with Crippen LogP contribution in [0, 0.1) is 11.6 Å². The summed E-state index contributed by atoms with van der Waals surface area (Å²) in [7, 11) is -3.67. The highest BCUT2D eigenvalue weighted by molar-refractivity contribution is 7.92.